The second-order valence-electron chi connectivity index (χ2n) is 8.20. The Kier molecular flexibility index (Phi) is 13.2. The monoisotopic (exact) mass is 524 g/mol. The number of rotatable bonds is 17. The smallest absolute Gasteiger partial charge is 0.253 e. The number of nitrogens with one attached hydrogen (secondary N) is 2. The summed E-state index contributed by atoms with van der Waals surface area (Å²) in [5.41, 5.74) is 2.28. The maximum absolute atomic E-state index is 12.0. The first-order valence-electron chi connectivity index (χ1n) is 12.0. The molecule has 0 saturated carbocycles. The van der Waals surface area contributed by atoms with E-state index in [0.29, 0.717) is 31.3 Å². The number of alkyl halides is 2. The summed E-state index contributed by atoms with van der Waals surface area (Å²) < 4.78 is 0. The molecule has 0 fully saturated rings. The van der Waals surface area contributed by atoms with E-state index in [1.165, 1.54) is 17.7 Å². The van der Waals surface area contributed by atoms with Gasteiger partial charge in [0, 0.05) is 75.2 Å². The Morgan fingerprint density at radius 3 is 1.89 bits per heavy atom. The highest BCUT2D eigenvalue weighted by Gasteiger charge is 2.23. The number of hydrogen-bond acceptors (Lipinski definition) is 5. The van der Waals surface area contributed by atoms with E-state index in [4.69, 9.17) is 23.2 Å². The second-order valence-corrected chi connectivity index (χ2v) is 8.96. The largest absolute Gasteiger partial charge is 0.369 e. The van der Waals surface area contributed by atoms with E-state index in [0.717, 1.165) is 49.4 Å². The number of carbonyl (C=O) groups is 4. The van der Waals surface area contributed by atoms with E-state index in [1.807, 2.05) is 0 Å². The average molecular weight is 525 g/mol. The van der Waals surface area contributed by atoms with Gasteiger partial charge < -0.3 is 15.5 Å². The summed E-state index contributed by atoms with van der Waals surface area (Å²) in [6.45, 7) is 2.63. The molecule has 8 nitrogen and oxygen atoms in total. The summed E-state index contributed by atoms with van der Waals surface area (Å²) in [5.74, 6) is 0.139. The molecule has 0 radical (unpaired) electrons. The van der Waals surface area contributed by atoms with Crippen LogP contribution in [0.2, 0.25) is 0 Å². The molecule has 0 spiro atoms. The molecule has 0 bridgehead atoms. The van der Waals surface area contributed by atoms with Crippen molar-refractivity contribution in [2.45, 2.75) is 38.5 Å². The van der Waals surface area contributed by atoms with Crippen LogP contribution in [0.5, 0.6) is 0 Å². The first-order chi connectivity index (χ1) is 16.9. The average Bonchev–Trinajstić information content (AvgIpc) is 3.17. The van der Waals surface area contributed by atoms with Gasteiger partial charge >= 0.3 is 0 Å². The predicted octanol–water partition coefficient (Wildman–Crippen LogP) is 2.62. The number of halogens is 2. The zero-order valence-corrected chi connectivity index (χ0v) is 21.5. The second kappa shape index (κ2) is 16.2. The number of benzene rings is 1. The fourth-order valence-corrected chi connectivity index (χ4v) is 4.06. The van der Waals surface area contributed by atoms with E-state index >= 15 is 0 Å². The van der Waals surface area contributed by atoms with E-state index in [9.17, 15) is 19.2 Å². The van der Waals surface area contributed by atoms with Crippen LogP contribution in [0.1, 0.15) is 37.7 Å². The molecule has 1 aromatic rings. The standard InChI is InChI=1S/C25H34Cl2N4O4/c26-13-18-30(19-14-27)21-8-6-20(7-9-21)4-3-5-22(32)28-15-1-2-16-29-23(33)12-17-31-24(34)10-11-25(31)35/h6-11H,1-5,12-19H2,(H,28,32)(H,29,33). The number of anilines is 1. The number of unbranched alkanes of at least 4 members (excludes halogenated alkanes) is 1. The fourth-order valence-electron chi connectivity index (χ4n) is 3.65. The van der Waals surface area contributed by atoms with Gasteiger partial charge in [-0.1, -0.05) is 12.1 Å². The zero-order valence-electron chi connectivity index (χ0n) is 19.9. The molecule has 2 rings (SSSR count). The van der Waals surface area contributed by atoms with E-state index in [-0.39, 0.29) is 36.6 Å². The minimum absolute atomic E-state index is 0.0228. The molecule has 10 heteroatoms. The normalized spacial score (nSPS) is 12.8. The molecular formula is C25H34Cl2N4O4. The van der Waals surface area contributed by atoms with Crippen LogP contribution in [-0.2, 0) is 25.6 Å². The lowest BCUT2D eigenvalue weighted by molar-refractivity contribution is -0.137. The molecule has 1 heterocycles. The van der Waals surface area contributed by atoms with Gasteiger partial charge in [0.2, 0.25) is 11.8 Å². The van der Waals surface area contributed by atoms with Crippen LogP contribution >= 0.6 is 23.2 Å². The third-order valence-electron chi connectivity index (χ3n) is 5.59. The van der Waals surface area contributed by atoms with Gasteiger partial charge in [0.25, 0.3) is 11.8 Å². The first-order valence-corrected chi connectivity index (χ1v) is 13.0. The van der Waals surface area contributed by atoms with Crippen molar-refractivity contribution in [3.63, 3.8) is 0 Å². The van der Waals surface area contributed by atoms with Crippen molar-refractivity contribution in [3.8, 4) is 0 Å². The van der Waals surface area contributed by atoms with E-state index in [2.05, 4.69) is 39.8 Å². The molecule has 0 unspecified atom stereocenters. The molecule has 0 aromatic heterocycles. The fraction of sp³-hybridized carbons (Fsp3) is 0.520. The Labute approximate surface area is 217 Å². The lowest BCUT2D eigenvalue weighted by Gasteiger charge is -2.23. The van der Waals surface area contributed by atoms with Gasteiger partial charge in [0.1, 0.15) is 0 Å². The number of carbonyl (C=O) groups excluding carboxylic acids is 4. The molecular weight excluding hydrogens is 491 g/mol. The molecule has 0 atom stereocenters. The highest BCUT2D eigenvalue weighted by atomic mass is 35.5. The summed E-state index contributed by atoms with van der Waals surface area (Å²) in [6.07, 6.45) is 6.03. The Bertz CT molecular complexity index is 853. The van der Waals surface area contributed by atoms with E-state index in [1.54, 1.807) is 0 Å². The molecule has 1 aliphatic rings. The molecule has 2 N–H and O–H groups in total. The lowest BCUT2D eigenvalue weighted by atomic mass is 10.1. The summed E-state index contributed by atoms with van der Waals surface area (Å²) in [6, 6.07) is 8.29. The van der Waals surface area contributed by atoms with Crippen molar-refractivity contribution in [3.05, 3.63) is 42.0 Å². The Morgan fingerprint density at radius 1 is 0.800 bits per heavy atom. The van der Waals surface area contributed by atoms with Gasteiger partial charge in [0.15, 0.2) is 0 Å². The zero-order chi connectivity index (χ0) is 25.5. The van der Waals surface area contributed by atoms with Crippen LogP contribution < -0.4 is 15.5 Å². The molecule has 4 amide bonds. The maximum atomic E-state index is 12.0. The third kappa shape index (κ3) is 10.7. The number of nitrogens with zero attached hydrogens (tertiary/aromatic N) is 2. The summed E-state index contributed by atoms with van der Waals surface area (Å²) in [5, 5.41) is 5.67. The molecule has 35 heavy (non-hydrogen) atoms. The van der Waals surface area contributed by atoms with Crippen LogP contribution in [0.15, 0.2) is 36.4 Å². The number of aryl methyl sites for hydroxylation is 1. The predicted molar refractivity (Wildman–Crippen MR) is 139 cm³/mol. The molecule has 0 aliphatic carbocycles. The van der Waals surface area contributed by atoms with Crippen molar-refractivity contribution in [1.82, 2.24) is 15.5 Å². The SMILES string of the molecule is O=C(CCCc1ccc(N(CCCl)CCCl)cc1)NCCCCNC(=O)CCN1C(=O)C=CC1=O. The van der Waals surface area contributed by atoms with Crippen molar-refractivity contribution >= 4 is 52.5 Å². The van der Waals surface area contributed by atoms with Crippen molar-refractivity contribution < 1.29 is 19.2 Å². The van der Waals surface area contributed by atoms with Gasteiger partial charge in [0.05, 0.1) is 0 Å². The van der Waals surface area contributed by atoms with Gasteiger partial charge in [-0.05, 0) is 43.4 Å². The highest BCUT2D eigenvalue weighted by Crippen LogP contribution is 2.17. The lowest BCUT2D eigenvalue weighted by Crippen LogP contribution is -2.35. The quantitative estimate of drug-likeness (QED) is 0.185. The van der Waals surface area contributed by atoms with Crippen molar-refractivity contribution in [2.75, 3.05) is 49.4 Å². The summed E-state index contributed by atoms with van der Waals surface area (Å²) >= 11 is 11.7. The molecule has 1 aliphatic heterocycles. The summed E-state index contributed by atoms with van der Waals surface area (Å²) in [4.78, 5) is 50.0. The first kappa shape index (κ1) is 28.7. The summed E-state index contributed by atoms with van der Waals surface area (Å²) in [7, 11) is 0. The Balaban J connectivity index is 1.50. The van der Waals surface area contributed by atoms with E-state index < -0.39 is 0 Å². The highest BCUT2D eigenvalue weighted by molar-refractivity contribution is 6.18. The Hall–Kier alpha value is -2.58. The van der Waals surface area contributed by atoms with Crippen molar-refractivity contribution in [2.24, 2.45) is 0 Å². The minimum Gasteiger partial charge on any atom is -0.369 e. The molecule has 0 saturated heterocycles. The topological polar surface area (TPSA) is 98.8 Å². The van der Waals surface area contributed by atoms with Crippen LogP contribution in [0.4, 0.5) is 5.69 Å². The van der Waals surface area contributed by atoms with Gasteiger partial charge in [-0.15, -0.1) is 23.2 Å². The van der Waals surface area contributed by atoms with Crippen LogP contribution in [0, 0.1) is 0 Å². The van der Waals surface area contributed by atoms with Gasteiger partial charge in [-0.3, -0.25) is 24.1 Å². The van der Waals surface area contributed by atoms with Crippen molar-refractivity contribution in [1.29, 1.82) is 0 Å². The maximum Gasteiger partial charge on any atom is 0.253 e. The number of hydrogen-bond donors (Lipinski definition) is 2. The minimum atomic E-state index is -0.385. The van der Waals surface area contributed by atoms with Crippen LogP contribution in [0.3, 0.4) is 0 Å². The van der Waals surface area contributed by atoms with Gasteiger partial charge in [-0.2, -0.15) is 0 Å². The number of amides is 4. The van der Waals surface area contributed by atoms with Crippen LogP contribution in [0.25, 0.3) is 0 Å². The molecule has 1 aromatic carbocycles. The third-order valence-corrected chi connectivity index (χ3v) is 5.93. The number of imide groups is 1. The van der Waals surface area contributed by atoms with Crippen LogP contribution in [-0.4, -0.2) is 73.0 Å². The van der Waals surface area contributed by atoms with Gasteiger partial charge in [-0.25, -0.2) is 0 Å². The molecule has 192 valence electrons. The Morgan fingerprint density at radius 2 is 1.34 bits per heavy atom.